The molecule has 30 heavy (non-hydrogen) atoms. The van der Waals surface area contributed by atoms with Gasteiger partial charge < -0.3 is 19.7 Å². The molecule has 9 nitrogen and oxygen atoms in total. The summed E-state index contributed by atoms with van der Waals surface area (Å²) < 4.78 is 10.6. The predicted octanol–water partition coefficient (Wildman–Crippen LogP) is 1.58. The van der Waals surface area contributed by atoms with Gasteiger partial charge in [0, 0.05) is 39.0 Å². The molecule has 1 N–H and O–H groups in total. The summed E-state index contributed by atoms with van der Waals surface area (Å²) in [5, 5.41) is 2.33. The van der Waals surface area contributed by atoms with Crippen LogP contribution in [0.3, 0.4) is 0 Å². The highest BCUT2D eigenvalue weighted by Gasteiger charge is 2.34. The van der Waals surface area contributed by atoms with Gasteiger partial charge in [-0.2, -0.15) is 0 Å². The smallest absolute Gasteiger partial charge is 0.293 e. The van der Waals surface area contributed by atoms with Crippen molar-refractivity contribution in [2.75, 3.05) is 33.0 Å². The number of benzene rings is 1. The van der Waals surface area contributed by atoms with Gasteiger partial charge >= 0.3 is 0 Å². The Bertz CT molecular complexity index is 931. The molecule has 2 fully saturated rings. The third-order valence-electron chi connectivity index (χ3n) is 5.01. The zero-order valence-electron chi connectivity index (χ0n) is 16.2. The van der Waals surface area contributed by atoms with Crippen LogP contribution in [-0.2, 0) is 14.4 Å². The van der Waals surface area contributed by atoms with E-state index < -0.39 is 0 Å². The number of amides is 4. The lowest BCUT2D eigenvalue weighted by Crippen LogP contribution is -2.38. The fourth-order valence-corrected chi connectivity index (χ4v) is 4.28. The first-order chi connectivity index (χ1) is 14.5. The lowest BCUT2D eigenvalue weighted by molar-refractivity contribution is -0.129. The number of carbonyl (C=O) groups is 4. The first-order valence-corrected chi connectivity index (χ1v) is 10.5. The molecule has 0 spiro atoms. The average Bonchev–Trinajstić information content (AvgIpc) is 3.42. The van der Waals surface area contributed by atoms with Crippen molar-refractivity contribution < 1.29 is 28.7 Å². The van der Waals surface area contributed by atoms with Crippen molar-refractivity contribution in [2.24, 2.45) is 0 Å². The van der Waals surface area contributed by atoms with Gasteiger partial charge in [-0.25, -0.2) is 0 Å². The Labute approximate surface area is 177 Å². The number of ether oxygens (including phenoxy) is 2. The molecule has 3 heterocycles. The molecule has 0 aliphatic carbocycles. The minimum atomic E-state index is -0.389. The van der Waals surface area contributed by atoms with Gasteiger partial charge in [-0.3, -0.25) is 24.1 Å². The van der Waals surface area contributed by atoms with E-state index in [0.717, 1.165) is 28.6 Å². The number of fused-ring (bicyclic) bond motifs is 1. The Morgan fingerprint density at radius 3 is 2.80 bits per heavy atom. The van der Waals surface area contributed by atoms with Crippen molar-refractivity contribution in [1.29, 1.82) is 0 Å². The van der Waals surface area contributed by atoms with Crippen molar-refractivity contribution in [2.45, 2.75) is 19.3 Å². The summed E-state index contributed by atoms with van der Waals surface area (Å²) in [5.74, 6) is 0.721. The topological polar surface area (TPSA) is 105 Å². The van der Waals surface area contributed by atoms with E-state index in [1.807, 2.05) is 0 Å². The van der Waals surface area contributed by atoms with E-state index in [-0.39, 0.29) is 49.3 Å². The molecule has 0 unspecified atom stereocenters. The molecule has 0 aromatic heterocycles. The van der Waals surface area contributed by atoms with Crippen LogP contribution < -0.4 is 14.8 Å². The second-order valence-electron chi connectivity index (χ2n) is 7.03. The number of thioether (sulfide) groups is 1. The van der Waals surface area contributed by atoms with Gasteiger partial charge in [0.2, 0.25) is 18.6 Å². The maximum atomic E-state index is 12.6. The monoisotopic (exact) mass is 431 g/mol. The standard InChI is InChI=1S/C20H21N3O6S/c24-17(5-8-22-7-1-2-18(22)25)21-6-9-23-19(26)16(30-20(23)27)11-13-3-4-14-15(10-13)29-12-28-14/h3-4,10-11H,1-2,5-9,12H2,(H,21,24)/b16-11+. The fraction of sp³-hybridized carbons (Fsp3) is 0.400. The van der Waals surface area contributed by atoms with Crippen LogP contribution in [0.25, 0.3) is 6.08 Å². The lowest BCUT2D eigenvalue weighted by Gasteiger charge is -2.16. The second-order valence-corrected chi connectivity index (χ2v) is 8.02. The highest BCUT2D eigenvalue weighted by Crippen LogP contribution is 2.36. The SMILES string of the molecule is O=C(CCN1CCCC1=O)NCCN1C(=O)S/C(=C/c2ccc3c(c2)OCO3)C1=O. The Morgan fingerprint density at radius 1 is 1.17 bits per heavy atom. The summed E-state index contributed by atoms with van der Waals surface area (Å²) in [6.07, 6.45) is 3.22. The molecule has 4 amide bonds. The van der Waals surface area contributed by atoms with E-state index in [0.29, 0.717) is 35.9 Å². The first kappa shape index (κ1) is 20.3. The Morgan fingerprint density at radius 2 is 2.00 bits per heavy atom. The summed E-state index contributed by atoms with van der Waals surface area (Å²) in [6, 6.07) is 5.29. The minimum Gasteiger partial charge on any atom is -0.454 e. The minimum absolute atomic E-state index is 0.0786. The zero-order chi connectivity index (χ0) is 21.1. The lowest BCUT2D eigenvalue weighted by atomic mass is 10.2. The molecule has 1 aromatic carbocycles. The van der Waals surface area contributed by atoms with Crippen molar-refractivity contribution in [3.63, 3.8) is 0 Å². The number of nitrogens with one attached hydrogen (secondary N) is 1. The largest absolute Gasteiger partial charge is 0.454 e. The van der Waals surface area contributed by atoms with Crippen molar-refractivity contribution in [3.8, 4) is 11.5 Å². The van der Waals surface area contributed by atoms with E-state index in [9.17, 15) is 19.2 Å². The van der Waals surface area contributed by atoms with Gasteiger partial charge in [-0.1, -0.05) is 6.07 Å². The number of likely N-dealkylation sites (tertiary alicyclic amines) is 1. The van der Waals surface area contributed by atoms with Crippen molar-refractivity contribution in [3.05, 3.63) is 28.7 Å². The quantitative estimate of drug-likeness (QED) is 0.654. The Kier molecular flexibility index (Phi) is 5.93. The maximum Gasteiger partial charge on any atom is 0.293 e. The average molecular weight is 431 g/mol. The highest BCUT2D eigenvalue weighted by molar-refractivity contribution is 8.18. The summed E-state index contributed by atoms with van der Waals surface area (Å²) in [5.41, 5.74) is 0.731. The Hall–Kier alpha value is -3.01. The molecule has 0 atom stereocenters. The van der Waals surface area contributed by atoms with Crippen LogP contribution in [0.4, 0.5) is 4.79 Å². The van der Waals surface area contributed by atoms with Crippen LogP contribution >= 0.6 is 11.8 Å². The normalized spacial score (nSPS) is 19.3. The van der Waals surface area contributed by atoms with Gasteiger partial charge in [0.1, 0.15) is 0 Å². The molecule has 3 aliphatic heterocycles. The second kappa shape index (κ2) is 8.78. The van der Waals surface area contributed by atoms with Crippen LogP contribution in [0.5, 0.6) is 11.5 Å². The van der Waals surface area contributed by atoms with Crippen LogP contribution in [0.1, 0.15) is 24.8 Å². The molecule has 0 radical (unpaired) electrons. The summed E-state index contributed by atoms with van der Waals surface area (Å²) in [4.78, 5) is 51.4. The third-order valence-corrected chi connectivity index (χ3v) is 5.91. The van der Waals surface area contributed by atoms with Gasteiger partial charge in [0.25, 0.3) is 11.1 Å². The maximum absolute atomic E-state index is 12.6. The number of hydrogen-bond acceptors (Lipinski definition) is 7. The van der Waals surface area contributed by atoms with Crippen molar-refractivity contribution >= 4 is 40.8 Å². The van der Waals surface area contributed by atoms with E-state index in [2.05, 4.69) is 5.32 Å². The van der Waals surface area contributed by atoms with Crippen LogP contribution in [0.2, 0.25) is 0 Å². The van der Waals surface area contributed by atoms with Gasteiger partial charge in [0.15, 0.2) is 11.5 Å². The number of rotatable bonds is 7. The molecule has 2 saturated heterocycles. The van der Waals surface area contributed by atoms with E-state index in [1.54, 1.807) is 29.2 Å². The molecular weight excluding hydrogens is 410 g/mol. The molecule has 3 aliphatic rings. The molecule has 4 rings (SSSR count). The Balaban J connectivity index is 1.27. The van der Waals surface area contributed by atoms with Gasteiger partial charge in [0.05, 0.1) is 4.91 Å². The summed E-state index contributed by atoms with van der Waals surface area (Å²) in [7, 11) is 0. The number of hydrogen-bond donors (Lipinski definition) is 1. The predicted molar refractivity (Wildman–Crippen MR) is 109 cm³/mol. The first-order valence-electron chi connectivity index (χ1n) is 9.71. The van der Waals surface area contributed by atoms with Crippen molar-refractivity contribution in [1.82, 2.24) is 15.1 Å². The van der Waals surface area contributed by atoms with Gasteiger partial charge in [-0.15, -0.1) is 0 Å². The number of carbonyl (C=O) groups excluding carboxylic acids is 4. The fourth-order valence-electron chi connectivity index (χ4n) is 3.42. The van der Waals surface area contributed by atoms with Gasteiger partial charge in [-0.05, 0) is 42.0 Å². The van der Waals surface area contributed by atoms with Crippen LogP contribution in [0, 0.1) is 0 Å². The van der Waals surface area contributed by atoms with E-state index >= 15 is 0 Å². The summed E-state index contributed by atoms with van der Waals surface area (Å²) >= 11 is 0.866. The number of nitrogens with zero attached hydrogens (tertiary/aromatic N) is 2. The summed E-state index contributed by atoms with van der Waals surface area (Å²) in [6.45, 7) is 1.51. The molecular formula is C20H21N3O6S. The van der Waals surface area contributed by atoms with E-state index in [1.165, 1.54) is 0 Å². The van der Waals surface area contributed by atoms with Crippen LogP contribution in [-0.4, -0.2) is 65.7 Å². The number of imide groups is 1. The van der Waals surface area contributed by atoms with Crippen LogP contribution in [0.15, 0.2) is 23.1 Å². The highest BCUT2D eigenvalue weighted by atomic mass is 32.2. The molecule has 10 heteroatoms. The molecule has 0 saturated carbocycles. The third kappa shape index (κ3) is 4.43. The molecule has 158 valence electrons. The van der Waals surface area contributed by atoms with E-state index in [4.69, 9.17) is 9.47 Å². The molecule has 0 bridgehead atoms. The zero-order valence-corrected chi connectivity index (χ0v) is 17.0. The molecule has 1 aromatic rings.